The molecule has 1 amide bonds. The largest absolute Gasteiger partial charge is 0.373 e. The molecule has 2 aliphatic heterocycles. The van der Waals surface area contributed by atoms with Crippen LogP contribution in [0.2, 0.25) is 0 Å². The van der Waals surface area contributed by atoms with Crippen molar-refractivity contribution in [3.63, 3.8) is 0 Å². The molecule has 0 N–H and O–H groups in total. The van der Waals surface area contributed by atoms with Crippen molar-refractivity contribution in [2.45, 2.75) is 64.1 Å². The Hall–Kier alpha value is -0.610. The van der Waals surface area contributed by atoms with Crippen LogP contribution in [0.5, 0.6) is 0 Å². The average Bonchev–Trinajstić information content (AvgIpc) is 2.71. The standard InChI is InChI=1S/C15H28N2O2/c1-12(18)16(5)13-10-15(19-11-13)6-8-17(9-7-15)14(2,3)4/h13H,6-11H2,1-5H3. The molecule has 110 valence electrons. The van der Waals surface area contributed by atoms with Crippen molar-refractivity contribution in [2.24, 2.45) is 0 Å². The van der Waals surface area contributed by atoms with Crippen LogP contribution in [0.4, 0.5) is 0 Å². The van der Waals surface area contributed by atoms with Crippen LogP contribution in [0.1, 0.15) is 47.0 Å². The zero-order chi connectivity index (χ0) is 14.3. The maximum atomic E-state index is 11.4. The highest BCUT2D eigenvalue weighted by Gasteiger charge is 2.45. The highest BCUT2D eigenvalue weighted by Crippen LogP contribution is 2.38. The van der Waals surface area contributed by atoms with Crippen molar-refractivity contribution < 1.29 is 9.53 Å². The first-order valence-electron chi connectivity index (χ1n) is 7.36. The van der Waals surface area contributed by atoms with Crippen LogP contribution in [0.25, 0.3) is 0 Å². The molecule has 0 aliphatic carbocycles. The molecule has 2 heterocycles. The molecule has 0 saturated carbocycles. The number of hydrogen-bond donors (Lipinski definition) is 0. The molecule has 2 fully saturated rings. The summed E-state index contributed by atoms with van der Waals surface area (Å²) in [6.45, 7) is 11.3. The van der Waals surface area contributed by atoms with Gasteiger partial charge in [-0.3, -0.25) is 9.69 Å². The highest BCUT2D eigenvalue weighted by molar-refractivity contribution is 5.73. The van der Waals surface area contributed by atoms with Gasteiger partial charge in [-0.25, -0.2) is 0 Å². The fourth-order valence-corrected chi connectivity index (χ4v) is 3.26. The van der Waals surface area contributed by atoms with Crippen LogP contribution in [0, 0.1) is 0 Å². The molecule has 0 aromatic rings. The van der Waals surface area contributed by atoms with Crippen molar-refractivity contribution in [2.75, 3.05) is 26.7 Å². The van der Waals surface area contributed by atoms with E-state index in [1.165, 1.54) is 0 Å². The molecule has 4 nitrogen and oxygen atoms in total. The van der Waals surface area contributed by atoms with E-state index in [1.54, 1.807) is 6.92 Å². The van der Waals surface area contributed by atoms with Gasteiger partial charge in [0.2, 0.25) is 5.91 Å². The Balaban J connectivity index is 1.93. The fourth-order valence-electron chi connectivity index (χ4n) is 3.26. The predicted octanol–water partition coefficient (Wildman–Crippen LogP) is 1.89. The summed E-state index contributed by atoms with van der Waals surface area (Å²) < 4.78 is 6.11. The predicted molar refractivity (Wildman–Crippen MR) is 76.1 cm³/mol. The summed E-state index contributed by atoms with van der Waals surface area (Å²) in [6, 6.07) is 0.263. The Kier molecular flexibility index (Phi) is 3.94. The first-order chi connectivity index (χ1) is 8.73. The van der Waals surface area contributed by atoms with E-state index in [4.69, 9.17) is 4.74 Å². The first-order valence-corrected chi connectivity index (χ1v) is 7.36. The van der Waals surface area contributed by atoms with E-state index < -0.39 is 0 Å². The summed E-state index contributed by atoms with van der Waals surface area (Å²) in [5.74, 6) is 0.137. The van der Waals surface area contributed by atoms with Gasteiger partial charge in [-0.05, 0) is 40.0 Å². The summed E-state index contributed by atoms with van der Waals surface area (Å²) in [5.41, 5.74) is 0.270. The Morgan fingerprint density at radius 3 is 2.37 bits per heavy atom. The first kappa shape index (κ1) is 14.8. The molecule has 1 spiro atoms. The van der Waals surface area contributed by atoms with Gasteiger partial charge < -0.3 is 9.64 Å². The van der Waals surface area contributed by atoms with Crippen LogP contribution >= 0.6 is 0 Å². The molecule has 1 atom stereocenters. The maximum Gasteiger partial charge on any atom is 0.219 e. The van der Waals surface area contributed by atoms with Gasteiger partial charge >= 0.3 is 0 Å². The van der Waals surface area contributed by atoms with Gasteiger partial charge in [0.15, 0.2) is 0 Å². The zero-order valence-electron chi connectivity index (χ0n) is 13.0. The number of likely N-dealkylation sites (tertiary alicyclic amines) is 1. The van der Waals surface area contributed by atoms with Crippen molar-refractivity contribution in [3.8, 4) is 0 Å². The van der Waals surface area contributed by atoms with E-state index in [1.807, 2.05) is 11.9 Å². The van der Waals surface area contributed by atoms with E-state index in [0.717, 1.165) is 32.4 Å². The minimum absolute atomic E-state index is 0.0239. The Morgan fingerprint density at radius 1 is 1.32 bits per heavy atom. The van der Waals surface area contributed by atoms with Crippen molar-refractivity contribution in [3.05, 3.63) is 0 Å². The maximum absolute atomic E-state index is 11.4. The normalized spacial score (nSPS) is 27.7. The van der Waals surface area contributed by atoms with E-state index in [2.05, 4.69) is 25.7 Å². The summed E-state index contributed by atoms with van der Waals surface area (Å²) in [7, 11) is 1.89. The highest BCUT2D eigenvalue weighted by atomic mass is 16.5. The molecular formula is C15H28N2O2. The summed E-state index contributed by atoms with van der Waals surface area (Å²) in [4.78, 5) is 15.8. The number of carbonyl (C=O) groups is 1. The topological polar surface area (TPSA) is 32.8 Å². The van der Waals surface area contributed by atoms with E-state index in [-0.39, 0.29) is 23.1 Å². The summed E-state index contributed by atoms with van der Waals surface area (Å²) in [5, 5.41) is 0. The van der Waals surface area contributed by atoms with E-state index >= 15 is 0 Å². The van der Waals surface area contributed by atoms with Crippen LogP contribution in [-0.2, 0) is 9.53 Å². The van der Waals surface area contributed by atoms with Gasteiger partial charge in [-0.15, -0.1) is 0 Å². The molecule has 0 bridgehead atoms. The smallest absolute Gasteiger partial charge is 0.219 e. The Labute approximate surface area is 117 Å². The monoisotopic (exact) mass is 268 g/mol. The molecule has 0 aromatic carbocycles. The molecule has 0 aromatic heterocycles. The van der Waals surface area contributed by atoms with Crippen molar-refractivity contribution in [1.29, 1.82) is 0 Å². The lowest BCUT2D eigenvalue weighted by atomic mass is 9.85. The third-order valence-electron chi connectivity index (χ3n) is 4.86. The minimum atomic E-state index is 0.0239. The van der Waals surface area contributed by atoms with Crippen LogP contribution < -0.4 is 0 Å². The molecule has 2 rings (SSSR count). The molecule has 0 radical (unpaired) electrons. The molecule has 19 heavy (non-hydrogen) atoms. The van der Waals surface area contributed by atoms with Crippen LogP contribution in [0.3, 0.4) is 0 Å². The quantitative estimate of drug-likeness (QED) is 0.728. The number of amides is 1. The van der Waals surface area contributed by atoms with Crippen LogP contribution in [0.15, 0.2) is 0 Å². The molecule has 4 heteroatoms. The van der Waals surface area contributed by atoms with Crippen LogP contribution in [-0.4, -0.2) is 59.6 Å². The summed E-state index contributed by atoms with van der Waals surface area (Å²) in [6.07, 6.45) is 3.18. The van der Waals surface area contributed by atoms with Gasteiger partial charge in [-0.2, -0.15) is 0 Å². The molecule has 1 unspecified atom stereocenters. The number of rotatable bonds is 1. The second-order valence-corrected chi connectivity index (χ2v) is 7.14. The number of nitrogens with zero attached hydrogens (tertiary/aromatic N) is 2. The van der Waals surface area contributed by atoms with E-state index in [9.17, 15) is 4.79 Å². The van der Waals surface area contributed by atoms with Gasteiger partial charge in [0, 0.05) is 32.6 Å². The lowest BCUT2D eigenvalue weighted by Gasteiger charge is -2.44. The van der Waals surface area contributed by atoms with Gasteiger partial charge in [-0.1, -0.05) is 0 Å². The van der Waals surface area contributed by atoms with Gasteiger partial charge in [0.05, 0.1) is 18.2 Å². The lowest BCUT2D eigenvalue weighted by Crippen LogP contribution is -2.51. The minimum Gasteiger partial charge on any atom is -0.373 e. The van der Waals surface area contributed by atoms with E-state index in [0.29, 0.717) is 6.61 Å². The number of carbonyl (C=O) groups excluding carboxylic acids is 1. The second kappa shape index (κ2) is 5.06. The Morgan fingerprint density at radius 2 is 1.89 bits per heavy atom. The average molecular weight is 268 g/mol. The number of likely N-dealkylation sites (N-methyl/N-ethyl adjacent to an activating group) is 1. The Bertz CT molecular complexity index is 341. The van der Waals surface area contributed by atoms with Gasteiger partial charge in [0.25, 0.3) is 0 Å². The number of piperidine rings is 1. The molecule has 2 aliphatic rings. The molecular weight excluding hydrogens is 240 g/mol. The van der Waals surface area contributed by atoms with Crippen molar-refractivity contribution >= 4 is 5.91 Å². The van der Waals surface area contributed by atoms with Gasteiger partial charge in [0.1, 0.15) is 0 Å². The molecule has 2 saturated heterocycles. The lowest BCUT2D eigenvalue weighted by molar-refractivity contribution is -0.129. The summed E-state index contributed by atoms with van der Waals surface area (Å²) >= 11 is 0. The fraction of sp³-hybridized carbons (Fsp3) is 0.933. The second-order valence-electron chi connectivity index (χ2n) is 7.14. The third kappa shape index (κ3) is 3.11. The SMILES string of the molecule is CC(=O)N(C)C1COC2(CCN(C(C)(C)C)CC2)C1. The zero-order valence-corrected chi connectivity index (χ0v) is 13.0. The third-order valence-corrected chi connectivity index (χ3v) is 4.86. The van der Waals surface area contributed by atoms with Crippen molar-refractivity contribution in [1.82, 2.24) is 9.80 Å². The number of hydrogen-bond acceptors (Lipinski definition) is 3. The number of ether oxygens (including phenoxy) is 1.